The van der Waals surface area contributed by atoms with E-state index in [0.29, 0.717) is 0 Å². The van der Waals surface area contributed by atoms with Crippen LogP contribution in [0.2, 0.25) is 0 Å². The SMILES string of the molecule is N#CC12CC3C[C@H](C1)C(Br)[C@@H](C3)C2. The van der Waals surface area contributed by atoms with Crippen molar-refractivity contribution in [3.8, 4) is 6.07 Å². The van der Waals surface area contributed by atoms with Gasteiger partial charge in [-0.25, -0.2) is 0 Å². The Morgan fingerprint density at radius 1 is 1.15 bits per heavy atom. The summed E-state index contributed by atoms with van der Waals surface area (Å²) < 4.78 is 0. The third kappa shape index (κ3) is 1.03. The van der Waals surface area contributed by atoms with Crippen molar-refractivity contribution in [2.75, 3.05) is 0 Å². The fourth-order valence-electron chi connectivity index (χ4n) is 4.10. The van der Waals surface area contributed by atoms with Gasteiger partial charge in [-0.3, -0.25) is 0 Å². The Bertz CT molecular complexity index is 264. The van der Waals surface area contributed by atoms with Crippen molar-refractivity contribution in [1.29, 1.82) is 5.26 Å². The van der Waals surface area contributed by atoms with Crippen LogP contribution in [-0.2, 0) is 0 Å². The molecule has 13 heavy (non-hydrogen) atoms. The first-order chi connectivity index (χ1) is 6.22. The highest BCUT2D eigenvalue weighted by Gasteiger charge is 2.54. The van der Waals surface area contributed by atoms with Crippen LogP contribution < -0.4 is 0 Å². The summed E-state index contributed by atoms with van der Waals surface area (Å²) in [6.07, 6.45) is 6.32. The average Bonchev–Trinajstić information content (AvgIpc) is 2.13. The zero-order valence-electron chi connectivity index (χ0n) is 7.67. The van der Waals surface area contributed by atoms with Crippen LogP contribution >= 0.6 is 15.9 Å². The summed E-state index contributed by atoms with van der Waals surface area (Å²) in [6.45, 7) is 0. The van der Waals surface area contributed by atoms with E-state index >= 15 is 0 Å². The molecule has 70 valence electrons. The molecule has 0 aromatic rings. The van der Waals surface area contributed by atoms with Gasteiger partial charge >= 0.3 is 0 Å². The van der Waals surface area contributed by atoms with Crippen molar-refractivity contribution < 1.29 is 0 Å². The van der Waals surface area contributed by atoms with Crippen molar-refractivity contribution in [2.45, 2.75) is 36.9 Å². The Morgan fingerprint density at radius 3 is 2.31 bits per heavy atom. The predicted octanol–water partition coefficient (Wildman–Crippen LogP) is 3.10. The van der Waals surface area contributed by atoms with E-state index in [4.69, 9.17) is 0 Å². The summed E-state index contributed by atoms with van der Waals surface area (Å²) in [6, 6.07) is 2.61. The maximum atomic E-state index is 9.25. The van der Waals surface area contributed by atoms with E-state index < -0.39 is 0 Å². The van der Waals surface area contributed by atoms with Gasteiger partial charge in [-0.2, -0.15) is 5.26 Å². The van der Waals surface area contributed by atoms with Crippen LogP contribution in [0.25, 0.3) is 0 Å². The molecule has 1 nitrogen and oxygen atoms in total. The molecule has 0 radical (unpaired) electrons. The quantitative estimate of drug-likeness (QED) is 0.597. The van der Waals surface area contributed by atoms with Gasteiger partial charge in [-0.05, 0) is 49.9 Å². The number of alkyl halides is 1. The molecule has 4 bridgehead atoms. The molecule has 0 spiro atoms. The lowest BCUT2D eigenvalue weighted by atomic mass is 9.50. The molecule has 3 unspecified atom stereocenters. The number of nitrogens with zero attached hydrogens (tertiary/aromatic N) is 1. The maximum Gasteiger partial charge on any atom is 0.0690 e. The van der Waals surface area contributed by atoms with Crippen LogP contribution in [0.5, 0.6) is 0 Å². The number of hydrogen-bond acceptors (Lipinski definition) is 1. The first-order valence-corrected chi connectivity index (χ1v) is 6.19. The van der Waals surface area contributed by atoms with Crippen LogP contribution in [0, 0.1) is 34.5 Å². The van der Waals surface area contributed by atoms with E-state index in [1.165, 1.54) is 32.1 Å². The zero-order valence-corrected chi connectivity index (χ0v) is 9.26. The van der Waals surface area contributed by atoms with Gasteiger partial charge in [0.25, 0.3) is 0 Å². The normalized spacial score (nSPS) is 57.8. The van der Waals surface area contributed by atoms with Gasteiger partial charge in [-0.1, -0.05) is 15.9 Å². The van der Waals surface area contributed by atoms with Crippen molar-refractivity contribution in [1.82, 2.24) is 0 Å². The molecule has 4 aliphatic rings. The lowest BCUT2D eigenvalue weighted by Crippen LogP contribution is -2.50. The smallest absolute Gasteiger partial charge is 0.0690 e. The van der Waals surface area contributed by atoms with Crippen molar-refractivity contribution >= 4 is 15.9 Å². The predicted molar refractivity (Wildman–Crippen MR) is 54.3 cm³/mol. The first kappa shape index (κ1) is 8.29. The van der Waals surface area contributed by atoms with Gasteiger partial charge in [0.05, 0.1) is 11.5 Å². The van der Waals surface area contributed by atoms with E-state index in [0.717, 1.165) is 22.6 Å². The highest BCUT2D eigenvalue weighted by Crippen LogP contribution is 2.61. The van der Waals surface area contributed by atoms with Crippen LogP contribution in [0.3, 0.4) is 0 Å². The number of halogens is 1. The summed E-state index contributed by atoms with van der Waals surface area (Å²) in [5, 5.41) is 9.25. The van der Waals surface area contributed by atoms with Gasteiger partial charge < -0.3 is 0 Å². The van der Waals surface area contributed by atoms with Crippen molar-refractivity contribution in [3.63, 3.8) is 0 Å². The van der Waals surface area contributed by atoms with Crippen LogP contribution in [0.15, 0.2) is 0 Å². The highest BCUT2D eigenvalue weighted by molar-refractivity contribution is 9.09. The average molecular weight is 240 g/mol. The largest absolute Gasteiger partial charge is 0.198 e. The van der Waals surface area contributed by atoms with Crippen LogP contribution in [-0.4, -0.2) is 4.83 Å². The number of rotatable bonds is 0. The molecule has 4 saturated carbocycles. The minimum atomic E-state index is 0.0980. The lowest BCUT2D eigenvalue weighted by molar-refractivity contribution is -0.0113. The fraction of sp³-hybridized carbons (Fsp3) is 0.909. The Morgan fingerprint density at radius 2 is 1.77 bits per heavy atom. The number of hydrogen-bond donors (Lipinski definition) is 0. The highest BCUT2D eigenvalue weighted by atomic mass is 79.9. The molecule has 2 heteroatoms. The van der Waals surface area contributed by atoms with Gasteiger partial charge in [0.15, 0.2) is 0 Å². The molecule has 0 aromatic carbocycles. The molecule has 0 aromatic heterocycles. The zero-order chi connectivity index (χ0) is 9.05. The summed E-state index contributed by atoms with van der Waals surface area (Å²) in [7, 11) is 0. The molecule has 5 atom stereocenters. The summed E-state index contributed by atoms with van der Waals surface area (Å²) in [5.41, 5.74) is 0.0980. The molecule has 0 amide bonds. The van der Waals surface area contributed by atoms with Gasteiger partial charge in [-0.15, -0.1) is 0 Å². The lowest BCUT2D eigenvalue weighted by Gasteiger charge is -2.56. The van der Waals surface area contributed by atoms with Crippen molar-refractivity contribution in [2.24, 2.45) is 23.2 Å². The van der Waals surface area contributed by atoms with Gasteiger partial charge in [0.2, 0.25) is 0 Å². The molecule has 0 aliphatic heterocycles. The first-order valence-electron chi connectivity index (χ1n) is 5.28. The molecule has 4 rings (SSSR count). The van der Waals surface area contributed by atoms with E-state index in [2.05, 4.69) is 22.0 Å². The number of nitriles is 1. The summed E-state index contributed by atoms with van der Waals surface area (Å²) in [4.78, 5) is 0.727. The molecular weight excluding hydrogens is 226 g/mol. The van der Waals surface area contributed by atoms with E-state index in [1.807, 2.05) is 0 Å². The second-order valence-electron chi connectivity index (χ2n) is 5.31. The molecule has 0 heterocycles. The topological polar surface area (TPSA) is 23.8 Å². The monoisotopic (exact) mass is 239 g/mol. The molecule has 4 fully saturated rings. The Hall–Kier alpha value is -0.0300. The summed E-state index contributed by atoms with van der Waals surface area (Å²) >= 11 is 3.82. The second kappa shape index (κ2) is 2.51. The molecule has 4 aliphatic carbocycles. The van der Waals surface area contributed by atoms with Gasteiger partial charge in [0, 0.05) is 4.83 Å². The minimum Gasteiger partial charge on any atom is -0.198 e. The maximum absolute atomic E-state index is 9.25. The van der Waals surface area contributed by atoms with Gasteiger partial charge in [0.1, 0.15) is 0 Å². The standard InChI is InChI=1S/C11H14BrN/c12-10-8-1-7-2-9(10)5-11(3-7,4-8)6-13/h7-10H,1-5H2/t7?,8-,9+,10?,11?. The van der Waals surface area contributed by atoms with E-state index in [9.17, 15) is 5.26 Å². The van der Waals surface area contributed by atoms with E-state index in [-0.39, 0.29) is 5.41 Å². The Kier molecular flexibility index (Phi) is 1.60. The van der Waals surface area contributed by atoms with E-state index in [1.54, 1.807) is 0 Å². The summed E-state index contributed by atoms with van der Waals surface area (Å²) in [5.74, 6) is 2.50. The molecular formula is C11H14BrN. The van der Waals surface area contributed by atoms with Crippen LogP contribution in [0.1, 0.15) is 32.1 Å². The third-order valence-corrected chi connectivity index (χ3v) is 5.89. The Balaban J connectivity index is 1.97. The van der Waals surface area contributed by atoms with Crippen LogP contribution in [0.4, 0.5) is 0 Å². The molecule has 0 N–H and O–H groups in total. The Labute approximate surface area is 87.6 Å². The minimum absolute atomic E-state index is 0.0980. The fourth-order valence-corrected chi connectivity index (χ4v) is 4.90. The van der Waals surface area contributed by atoms with Crippen molar-refractivity contribution in [3.05, 3.63) is 0 Å². The third-order valence-electron chi connectivity index (χ3n) is 4.40. The second-order valence-corrected chi connectivity index (χ2v) is 6.36. The molecule has 0 saturated heterocycles.